The summed E-state index contributed by atoms with van der Waals surface area (Å²) in [6, 6.07) is 0. The summed E-state index contributed by atoms with van der Waals surface area (Å²) < 4.78 is 23.1. The second kappa shape index (κ2) is 19.2. The summed E-state index contributed by atoms with van der Waals surface area (Å²) in [5, 5.41) is 0. The van der Waals surface area contributed by atoms with Crippen LogP contribution >= 0.6 is 0 Å². The fourth-order valence-electron chi connectivity index (χ4n) is 16.9. The molecule has 0 spiro atoms. The summed E-state index contributed by atoms with van der Waals surface area (Å²) >= 11 is 0. The van der Waals surface area contributed by atoms with E-state index >= 15 is 0 Å². The number of esters is 4. The van der Waals surface area contributed by atoms with E-state index in [1.807, 2.05) is 20.8 Å². The fourth-order valence-corrected chi connectivity index (χ4v) is 16.9. The Bertz CT molecular complexity index is 1540. The van der Waals surface area contributed by atoms with E-state index in [0.29, 0.717) is 23.7 Å². The van der Waals surface area contributed by atoms with Crippen molar-refractivity contribution in [3.63, 3.8) is 0 Å². The largest absolute Gasteiger partial charge is 0.462 e. The van der Waals surface area contributed by atoms with Crippen molar-refractivity contribution in [2.75, 3.05) is 0 Å². The smallest absolute Gasteiger partial charge is 0.310 e. The van der Waals surface area contributed by atoms with Crippen LogP contribution in [0.15, 0.2) is 0 Å². The second-order valence-electron chi connectivity index (χ2n) is 22.5. The van der Waals surface area contributed by atoms with Gasteiger partial charge in [0.25, 0.3) is 0 Å². The van der Waals surface area contributed by atoms with Gasteiger partial charge in [0.15, 0.2) is 0 Å². The van der Waals surface area contributed by atoms with Gasteiger partial charge in [-0.2, -0.15) is 0 Å². The third-order valence-electron chi connectivity index (χ3n) is 19.0. The number of rotatable bonds is 10. The predicted molar refractivity (Wildman–Crippen MR) is 244 cm³/mol. The van der Waals surface area contributed by atoms with Crippen LogP contribution in [0.4, 0.5) is 0 Å². The molecule has 0 aromatic carbocycles. The first-order valence-electron chi connectivity index (χ1n) is 23.7. The van der Waals surface area contributed by atoms with Gasteiger partial charge in [0.1, 0.15) is 23.4 Å². The average molecular weight is 857 g/mol. The lowest BCUT2D eigenvalue weighted by molar-refractivity contribution is -0.169. The number of fused-ring (bicyclic) bond motifs is 18. The van der Waals surface area contributed by atoms with E-state index < -0.39 is 5.60 Å². The van der Waals surface area contributed by atoms with Crippen LogP contribution in [0, 0.1) is 107 Å². The monoisotopic (exact) mass is 857 g/mol. The first-order chi connectivity index (χ1) is 26.9. The molecule has 0 N–H and O–H groups in total. The molecule has 0 aromatic heterocycles. The minimum atomic E-state index is -0.506. The second-order valence-corrected chi connectivity index (χ2v) is 22.5. The van der Waals surface area contributed by atoms with Crippen molar-refractivity contribution in [3.05, 3.63) is 0 Å². The molecular weight excluding hydrogens is 765 g/mol. The van der Waals surface area contributed by atoms with Gasteiger partial charge in [0.05, 0.1) is 12.8 Å². The third kappa shape index (κ3) is 9.24. The standard InChI is InChI=1S/C26H40O4.C23H36O4.4CH4/c1-5-26(8-6-7-9-26)30-23(28)13-22(29-16(4)27)20-10-17-11-21(20)25-19-12-18(24(17)25)14(2)15(19)3;1-11-12(2)16-9-15(11)21-14-7-17(18(8-14)22(16)21)19(26-13(3)24)10-20(25)27-23(4,5)6;;;;/h14-15,17-22,24-25H,5-13H2,1-4H3;11-12,14-19,21-22H,7-10H2,1-6H3;4*1H4. The predicted octanol–water partition coefficient (Wildman–Crippen LogP) is 12.4. The van der Waals surface area contributed by atoms with Crippen LogP contribution in [0.1, 0.15) is 182 Å². The van der Waals surface area contributed by atoms with Gasteiger partial charge >= 0.3 is 23.9 Å². The van der Waals surface area contributed by atoms with Crippen molar-refractivity contribution in [1.82, 2.24) is 0 Å². The topological polar surface area (TPSA) is 105 Å². The van der Waals surface area contributed by atoms with Crippen molar-refractivity contribution in [1.29, 1.82) is 0 Å². The summed E-state index contributed by atoms with van der Waals surface area (Å²) in [5.74, 6) is 12.8. The highest BCUT2D eigenvalue weighted by molar-refractivity contribution is 5.72. The normalized spacial score (nSPS) is 42.9. The molecule has 0 heterocycles. The van der Waals surface area contributed by atoms with Gasteiger partial charge in [-0.3, -0.25) is 19.2 Å². The molecule has 0 aliphatic heterocycles. The van der Waals surface area contributed by atoms with Crippen molar-refractivity contribution < 1.29 is 38.1 Å². The summed E-state index contributed by atoms with van der Waals surface area (Å²) in [7, 11) is 0. The number of carbonyl (C=O) groups is 4. The quantitative estimate of drug-likeness (QED) is 0.121. The van der Waals surface area contributed by atoms with Gasteiger partial charge < -0.3 is 18.9 Å². The van der Waals surface area contributed by atoms with E-state index in [-0.39, 0.29) is 84.2 Å². The van der Waals surface area contributed by atoms with Gasteiger partial charge in [-0.05, 0) is 198 Å². The highest BCUT2D eigenvalue weighted by atomic mass is 16.6. The summed E-state index contributed by atoms with van der Waals surface area (Å²) in [5.41, 5.74) is -0.776. The molecule has 8 nitrogen and oxygen atoms in total. The Morgan fingerprint density at radius 3 is 1.30 bits per heavy atom. The molecule has 0 saturated heterocycles. The Hall–Kier alpha value is -2.12. The van der Waals surface area contributed by atoms with Crippen LogP contribution in [-0.4, -0.2) is 47.3 Å². The number of hydrogen-bond acceptors (Lipinski definition) is 8. The van der Waals surface area contributed by atoms with Crippen molar-refractivity contribution in [2.45, 2.75) is 206 Å². The molecular formula is C53H92O8. The summed E-state index contributed by atoms with van der Waals surface area (Å²) in [6.45, 7) is 20.5. The summed E-state index contributed by atoms with van der Waals surface area (Å²) in [6.07, 6.45) is 12.6. The molecule has 0 amide bonds. The molecule has 0 aromatic rings. The molecule has 9 rings (SSSR count). The molecule has 9 fully saturated rings. The molecule has 9 saturated carbocycles. The molecule has 0 radical (unpaired) electrons. The van der Waals surface area contributed by atoms with Crippen molar-refractivity contribution in [3.8, 4) is 0 Å². The molecule has 8 bridgehead atoms. The Kier molecular flexibility index (Phi) is 16.2. The minimum absolute atomic E-state index is 0. The lowest BCUT2D eigenvalue weighted by Gasteiger charge is -2.45. The maximum atomic E-state index is 13.0. The van der Waals surface area contributed by atoms with Gasteiger partial charge in [0.2, 0.25) is 0 Å². The highest BCUT2D eigenvalue weighted by Crippen LogP contribution is 2.73. The number of hydrogen-bond donors (Lipinski definition) is 0. The Balaban J connectivity index is 0.000000253. The zero-order valence-corrected chi connectivity index (χ0v) is 37.0. The van der Waals surface area contributed by atoms with E-state index in [1.54, 1.807) is 0 Å². The first-order valence-corrected chi connectivity index (χ1v) is 23.7. The number of carbonyl (C=O) groups excluding carboxylic acids is 4. The van der Waals surface area contributed by atoms with Gasteiger partial charge in [-0.25, -0.2) is 0 Å². The number of ether oxygens (including phenoxy) is 4. The van der Waals surface area contributed by atoms with Gasteiger partial charge in [-0.1, -0.05) is 64.3 Å². The van der Waals surface area contributed by atoms with Crippen molar-refractivity contribution in [2.24, 2.45) is 107 Å². The maximum Gasteiger partial charge on any atom is 0.310 e. The Morgan fingerprint density at radius 1 is 0.557 bits per heavy atom. The summed E-state index contributed by atoms with van der Waals surface area (Å²) in [4.78, 5) is 49.1. The van der Waals surface area contributed by atoms with Crippen molar-refractivity contribution >= 4 is 23.9 Å². The van der Waals surface area contributed by atoms with E-state index in [2.05, 4.69) is 34.6 Å². The van der Waals surface area contributed by atoms with Crippen LogP contribution in [0.2, 0.25) is 0 Å². The minimum Gasteiger partial charge on any atom is -0.462 e. The third-order valence-corrected chi connectivity index (χ3v) is 19.0. The van der Waals surface area contributed by atoms with Gasteiger partial charge in [-0.15, -0.1) is 0 Å². The molecule has 61 heavy (non-hydrogen) atoms. The maximum absolute atomic E-state index is 13.0. The molecule has 20 unspecified atom stereocenters. The molecule has 352 valence electrons. The lowest BCUT2D eigenvalue weighted by atomic mass is 9.61. The van der Waals surface area contributed by atoms with E-state index in [0.717, 1.165) is 128 Å². The first kappa shape index (κ1) is 51.5. The van der Waals surface area contributed by atoms with Crippen LogP contribution in [0.5, 0.6) is 0 Å². The zero-order chi connectivity index (χ0) is 40.9. The SMILES string of the molecule is C.C.C.C.CC(=O)OC(CC(=O)OC(C)(C)C)C1CC2CC1C1C3CC(C(C)C3C)C21.CCC1(OC(=O)CC(OC(C)=O)C2CC3CC2C2C4CC(C(C)C4C)C32)CCCC1. The molecule has 8 heteroatoms. The Morgan fingerprint density at radius 2 is 0.934 bits per heavy atom. The van der Waals surface area contributed by atoms with E-state index in [9.17, 15) is 19.2 Å². The highest BCUT2D eigenvalue weighted by Gasteiger charge is 2.68. The Labute approximate surface area is 373 Å². The van der Waals surface area contributed by atoms with Crippen LogP contribution in [-0.2, 0) is 38.1 Å². The van der Waals surface area contributed by atoms with Crippen LogP contribution < -0.4 is 0 Å². The van der Waals surface area contributed by atoms with Crippen LogP contribution in [0.3, 0.4) is 0 Å². The average Bonchev–Trinajstić information content (AvgIpc) is 3.98. The molecule has 9 aliphatic rings. The lowest BCUT2D eigenvalue weighted by Crippen LogP contribution is -2.43. The zero-order valence-electron chi connectivity index (χ0n) is 37.0. The van der Waals surface area contributed by atoms with E-state index in [1.165, 1.54) is 39.5 Å². The fraction of sp³-hybridized carbons (Fsp3) is 0.925. The van der Waals surface area contributed by atoms with Gasteiger partial charge in [0, 0.05) is 13.8 Å². The molecule has 9 aliphatic carbocycles. The van der Waals surface area contributed by atoms with Crippen LogP contribution in [0.25, 0.3) is 0 Å². The van der Waals surface area contributed by atoms with E-state index in [4.69, 9.17) is 18.9 Å². The molecule has 20 atom stereocenters.